The van der Waals surface area contributed by atoms with E-state index in [0.29, 0.717) is 6.54 Å². The molecule has 0 amide bonds. The van der Waals surface area contributed by atoms with Gasteiger partial charge in [-0.1, -0.05) is 12.1 Å². The highest BCUT2D eigenvalue weighted by atomic mass is 16.3. The zero-order chi connectivity index (χ0) is 13.0. The van der Waals surface area contributed by atoms with Gasteiger partial charge in [-0.15, -0.1) is 0 Å². The van der Waals surface area contributed by atoms with Crippen LogP contribution >= 0.6 is 0 Å². The Kier molecular flexibility index (Phi) is 3.99. The Morgan fingerprint density at radius 3 is 2.94 bits per heavy atom. The molecule has 1 aromatic carbocycles. The molecule has 0 aliphatic rings. The van der Waals surface area contributed by atoms with Crippen LogP contribution in [0.1, 0.15) is 16.7 Å². The Morgan fingerprint density at radius 2 is 2.17 bits per heavy atom. The molecule has 96 valence electrons. The van der Waals surface area contributed by atoms with E-state index in [4.69, 9.17) is 5.11 Å². The second kappa shape index (κ2) is 5.69. The van der Waals surface area contributed by atoms with Crippen LogP contribution in [0.4, 0.5) is 5.69 Å². The lowest BCUT2D eigenvalue weighted by Crippen LogP contribution is -2.03. The van der Waals surface area contributed by atoms with Crippen LogP contribution in [0.25, 0.3) is 0 Å². The Hall–Kier alpha value is -1.81. The number of nitrogens with one attached hydrogen (secondary N) is 1. The minimum absolute atomic E-state index is 0.117. The van der Waals surface area contributed by atoms with Gasteiger partial charge in [-0.25, -0.2) is 0 Å². The van der Waals surface area contributed by atoms with Crippen LogP contribution in [0.5, 0.6) is 0 Å². The molecule has 0 unspecified atom stereocenters. The van der Waals surface area contributed by atoms with Gasteiger partial charge in [0.15, 0.2) is 0 Å². The Balaban J connectivity index is 2.00. The maximum absolute atomic E-state index is 8.83. The zero-order valence-corrected chi connectivity index (χ0v) is 10.8. The number of anilines is 1. The van der Waals surface area contributed by atoms with E-state index in [1.54, 1.807) is 4.68 Å². The number of aliphatic hydroxyl groups is 1. The van der Waals surface area contributed by atoms with Crippen LogP contribution in [0.2, 0.25) is 0 Å². The third-order valence-electron chi connectivity index (χ3n) is 3.10. The van der Waals surface area contributed by atoms with E-state index >= 15 is 0 Å². The number of aromatic nitrogens is 2. The minimum atomic E-state index is 0.117. The molecule has 2 aromatic rings. The monoisotopic (exact) mass is 245 g/mol. The second-order valence-electron chi connectivity index (χ2n) is 4.44. The lowest BCUT2D eigenvalue weighted by Gasteiger charge is -2.10. The summed E-state index contributed by atoms with van der Waals surface area (Å²) in [6.45, 7) is 5.64. The first kappa shape index (κ1) is 12.6. The predicted octanol–water partition coefficient (Wildman–Crippen LogP) is 2.10. The number of rotatable bonds is 5. The molecule has 4 nitrogen and oxygen atoms in total. The number of hydrogen-bond acceptors (Lipinski definition) is 3. The first-order valence-corrected chi connectivity index (χ1v) is 6.13. The molecule has 0 fully saturated rings. The number of aliphatic hydroxyl groups excluding tert-OH is 1. The predicted molar refractivity (Wildman–Crippen MR) is 72.6 cm³/mol. The van der Waals surface area contributed by atoms with E-state index in [-0.39, 0.29) is 6.61 Å². The summed E-state index contributed by atoms with van der Waals surface area (Å²) in [5.41, 5.74) is 4.84. The summed E-state index contributed by atoms with van der Waals surface area (Å²) >= 11 is 0. The molecule has 2 N–H and O–H groups in total. The highest BCUT2D eigenvalue weighted by Crippen LogP contribution is 2.18. The van der Waals surface area contributed by atoms with Gasteiger partial charge in [0.2, 0.25) is 0 Å². The van der Waals surface area contributed by atoms with E-state index in [9.17, 15) is 0 Å². The highest BCUT2D eigenvalue weighted by Gasteiger charge is 2.02. The third-order valence-corrected chi connectivity index (χ3v) is 3.10. The fraction of sp³-hybridized carbons (Fsp3) is 0.357. The van der Waals surface area contributed by atoms with Gasteiger partial charge in [-0.3, -0.25) is 4.68 Å². The summed E-state index contributed by atoms with van der Waals surface area (Å²) in [5.74, 6) is 0. The zero-order valence-electron chi connectivity index (χ0n) is 10.8. The van der Waals surface area contributed by atoms with Crippen LogP contribution in [0, 0.1) is 13.8 Å². The van der Waals surface area contributed by atoms with Crippen molar-refractivity contribution >= 4 is 5.69 Å². The van der Waals surface area contributed by atoms with Crippen LogP contribution in [0.15, 0.2) is 30.6 Å². The second-order valence-corrected chi connectivity index (χ2v) is 4.44. The van der Waals surface area contributed by atoms with Crippen molar-refractivity contribution in [1.29, 1.82) is 0 Å². The van der Waals surface area contributed by atoms with Crippen molar-refractivity contribution in [3.63, 3.8) is 0 Å². The summed E-state index contributed by atoms with van der Waals surface area (Å²) in [7, 11) is 0. The average Bonchev–Trinajstić information content (AvgIpc) is 2.79. The fourth-order valence-corrected chi connectivity index (χ4v) is 1.86. The van der Waals surface area contributed by atoms with E-state index < -0.39 is 0 Å². The molecular formula is C14H19N3O. The molecule has 18 heavy (non-hydrogen) atoms. The van der Waals surface area contributed by atoms with Crippen molar-refractivity contribution in [2.45, 2.75) is 26.9 Å². The Labute approximate surface area is 107 Å². The molecule has 0 radical (unpaired) electrons. The van der Waals surface area contributed by atoms with Gasteiger partial charge in [0.05, 0.1) is 19.3 Å². The normalized spacial score (nSPS) is 10.6. The Bertz CT molecular complexity index is 520. The van der Waals surface area contributed by atoms with Gasteiger partial charge in [-0.2, -0.15) is 5.10 Å². The van der Waals surface area contributed by atoms with Crippen molar-refractivity contribution < 1.29 is 5.11 Å². The first-order chi connectivity index (χ1) is 8.70. The quantitative estimate of drug-likeness (QED) is 0.848. The highest BCUT2D eigenvalue weighted by molar-refractivity contribution is 5.53. The SMILES string of the molecule is Cc1cccc(NCc2cnn(CCO)c2)c1C. The number of benzene rings is 1. The molecule has 0 aliphatic carbocycles. The van der Waals surface area contributed by atoms with Crippen molar-refractivity contribution in [3.05, 3.63) is 47.3 Å². The van der Waals surface area contributed by atoms with Crippen LogP contribution in [-0.2, 0) is 13.1 Å². The number of nitrogens with zero attached hydrogens (tertiary/aromatic N) is 2. The van der Waals surface area contributed by atoms with Gasteiger partial charge in [0.1, 0.15) is 0 Å². The molecule has 4 heteroatoms. The van der Waals surface area contributed by atoms with E-state index in [0.717, 1.165) is 17.8 Å². The fourth-order valence-electron chi connectivity index (χ4n) is 1.86. The van der Waals surface area contributed by atoms with Crippen LogP contribution in [-0.4, -0.2) is 21.5 Å². The smallest absolute Gasteiger partial charge is 0.0640 e. The van der Waals surface area contributed by atoms with Gasteiger partial charge < -0.3 is 10.4 Å². The molecule has 2 rings (SSSR count). The van der Waals surface area contributed by atoms with Gasteiger partial charge in [0.25, 0.3) is 0 Å². The molecule has 1 aromatic heterocycles. The van der Waals surface area contributed by atoms with Crippen molar-refractivity contribution in [2.24, 2.45) is 0 Å². The van der Waals surface area contributed by atoms with E-state index in [1.807, 2.05) is 12.4 Å². The summed E-state index contributed by atoms with van der Waals surface area (Å²) in [5, 5.41) is 16.4. The topological polar surface area (TPSA) is 50.1 Å². The van der Waals surface area contributed by atoms with E-state index in [2.05, 4.69) is 42.5 Å². The summed E-state index contributed by atoms with van der Waals surface area (Å²) < 4.78 is 1.75. The average molecular weight is 245 g/mol. The maximum atomic E-state index is 8.83. The van der Waals surface area contributed by atoms with Crippen molar-refractivity contribution in [1.82, 2.24) is 9.78 Å². The summed E-state index contributed by atoms with van der Waals surface area (Å²) in [6.07, 6.45) is 3.78. The van der Waals surface area contributed by atoms with Crippen molar-refractivity contribution in [2.75, 3.05) is 11.9 Å². The lowest BCUT2D eigenvalue weighted by molar-refractivity contribution is 0.269. The molecular weight excluding hydrogens is 226 g/mol. The molecule has 0 bridgehead atoms. The maximum Gasteiger partial charge on any atom is 0.0640 e. The molecule has 0 spiro atoms. The standard InChI is InChI=1S/C14H19N3O/c1-11-4-3-5-14(12(11)2)15-8-13-9-16-17(10-13)6-7-18/h3-5,9-10,15,18H,6-8H2,1-2H3. The Morgan fingerprint density at radius 1 is 1.33 bits per heavy atom. The van der Waals surface area contributed by atoms with E-state index in [1.165, 1.54) is 11.1 Å². The molecule has 1 heterocycles. The molecule has 0 atom stereocenters. The molecule has 0 saturated carbocycles. The number of hydrogen-bond donors (Lipinski definition) is 2. The lowest BCUT2D eigenvalue weighted by atomic mass is 10.1. The van der Waals surface area contributed by atoms with Crippen LogP contribution < -0.4 is 5.32 Å². The minimum Gasteiger partial charge on any atom is -0.394 e. The summed E-state index contributed by atoms with van der Waals surface area (Å²) in [6, 6.07) is 6.25. The molecule has 0 saturated heterocycles. The number of aryl methyl sites for hydroxylation is 1. The van der Waals surface area contributed by atoms with Gasteiger partial charge in [0, 0.05) is 24.0 Å². The van der Waals surface area contributed by atoms with Gasteiger partial charge >= 0.3 is 0 Å². The largest absolute Gasteiger partial charge is 0.394 e. The van der Waals surface area contributed by atoms with Gasteiger partial charge in [-0.05, 0) is 31.0 Å². The summed E-state index contributed by atoms with van der Waals surface area (Å²) in [4.78, 5) is 0. The van der Waals surface area contributed by atoms with Crippen molar-refractivity contribution in [3.8, 4) is 0 Å². The first-order valence-electron chi connectivity index (χ1n) is 6.13. The molecule has 0 aliphatic heterocycles. The van der Waals surface area contributed by atoms with Crippen LogP contribution in [0.3, 0.4) is 0 Å². The third kappa shape index (κ3) is 2.90.